The van der Waals surface area contributed by atoms with E-state index in [1.807, 2.05) is 35.0 Å². The molecule has 0 bridgehead atoms. The normalized spacial score (nSPS) is 10.6. The van der Waals surface area contributed by atoms with E-state index >= 15 is 0 Å². The smallest absolute Gasteiger partial charge is 0.323 e. The van der Waals surface area contributed by atoms with Crippen LogP contribution in [-0.2, 0) is 0 Å². The second-order valence-corrected chi connectivity index (χ2v) is 6.82. The Morgan fingerprint density at radius 1 is 1.17 bits per heavy atom. The van der Waals surface area contributed by atoms with Crippen LogP contribution in [0.5, 0.6) is 5.75 Å². The number of imidazole rings is 1. The zero-order chi connectivity index (χ0) is 21.1. The fourth-order valence-electron chi connectivity index (χ4n) is 3.06. The van der Waals surface area contributed by atoms with Crippen molar-refractivity contribution in [3.05, 3.63) is 66.1 Å². The van der Waals surface area contributed by atoms with Crippen LogP contribution < -0.4 is 20.7 Å². The molecule has 0 spiro atoms. The summed E-state index contributed by atoms with van der Waals surface area (Å²) in [5.41, 5.74) is 3.42. The van der Waals surface area contributed by atoms with E-state index in [4.69, 9.17) is 16.3 Å². The van der Waals surface area contributed by atoms with Crippen molar-refractivity contribution in [2.24, 2.45) is 0 Å². The lowest BCUT2D eigenvalue weighted by molar-refractivity contribution is 0.262. The van der Waals surface area contributed by atoms with Crippen molar-refractivity contribution in [3.63, 3.8) is 0 Å². The molecule has 0 aliphatic rings. The van der Waals surface area contributed by atoms with Gasteiger partial charge in [-0.25, -0.2) is 14.8 Å². The Morgan fingerprint density at radius 3 is 2.83 bits per heavy atom. The first-order chi connectivity index (χ1) is 14.6. The van der Waals surface area contributed by atoms with Gasteiger partial charge in [-0.05, 0) is 30.3 Å². The Labute approximate surface area is 177 Å². The van der Waals surface area contributed by atoms with E-state index in [0.29, 0.717) is 28.0 Å². The van der Waals surface area contributed by atoms with E-state index in [0.717, 1.165) is 16.9 Å². The van der Waals surface area contributed by atoms with Gasteiger partial charge in [-0.3, -0.25) is 0 Å². The van der Waals surface area contributed by atoms with Crippen molar-refractivity contribution >= 4 is 40.5 Å². The molecule has 152 valence electrons. The molecule has 0 radical (unpaired) electrons. The lowest BCUT2D eigenvalue weighted by Gasteiger charge is -2.12. The van der Waals surface area contributed by atoms with Gasteiger partial charge in [-0.1, -0.05) is 23.7 Å². The van der Waals surface area contributed by atoms with Gasteiger partial charge in [0, 0.05) is 41.9 Å². The molecular weight excluding hydrogens is 404 g/mol. The summed E-state index contributed by atoms with van der Waals surface area (Å²) < 4.78 is 7.15. The second kappa shape index (κ2) is 8.30. The van der Waals surface area contributed by atoms with Crippen LogP contribution in [0.2, 0.25) is 5.02 Å². The van der Waals surface area contributed by atoms with Crippen molar-refractivity contribution in [1.82, 2.24) is 14.4 Å². The number of nitrogens with zero attached hydrogens (tertiary/aromatic N) is 3. The highest BCUT2D eigenvalue weighted by molar-refractivity contribution is 6.31. The van der Waals surface area contributed by atoms with Crippen LogP contribution in [0.25, 0.3) is 16.9 Å². The third-order valence-corrected chi connectivity index (χ3v) is 4.67. The lowest BCUT2D eigenvalue weighted by atomic mass is 10.1. The molecule has 2 aromatic carbocycles. The minimum Gasteiger partial charge on any atom is -0.495 e. The molecule has 2 heterocycles. The number of anilines is 3. The Kier molecular flexibility index (Phi) is 5.40. The number of amides is 2. The van der Waals surface area contributed by atoms with Crippen molar-refractivity contribution < 1.29 is 9.53 Å². The molecule has 0 saturated carbocycles. The second-order valence-electron chi connectivity index (χ2n) is 6.39. The summed E-state index contributed by atoms with van der Waals surface area (Å²) in [7, 11) is 3.33. The van der Waals surface area contributed by atoms with E-state index in [1.54, 1.807) is 37.5 Å². The summed E-state index contributed by atoms with van der Waals surface area (Å²) >= 11 is 6.02. The average molecular weight is 423 g/mol. The molecule has 4 aromatic rings. The highest BCUT2D eigenvalue weighted by Crippen LogP contribution is 2.28. The quantitative estimate of drug-likeness (QED) is 0.432. The first-order valence-corrected chi connectivity index (χ1v) is 9.48. The van der Waals surface area contributed by atoms with Crippen LogP contribution in [0.1, 0.15) is 0 Å². The highest BCUT2D eigenvalue weighted by Gasteiger charge is 2.11. The minimum atomic E-state index is -0.415. The SMILES string of the molecule is CNc1nc(-c2cccc(NC(=O)Nc3cc(Cl)ccc3OC)c2)cn2ccnc12. The molecule has 0 saturated heterocycles. The predicted molar refractivity (Wildman–Crippen MR) is 119 cm³/mol. The summed E-state index contributed by atoms with van der Waals surface area (Å²) in [5, 5.41) is 9.13. The van der Waals surface area contributed by atoms with Crippen molar-refractivity contribution in [3.8, 4) is 17.0 Å². The van der Waals surface area contributed by atoms with Crippen LogP contribution in [0.15, 0.2) is 61.1 Å². The maximum atomic E-state index is 12.5. The Balaban J connectivity index is 1.57. The summed E-state index contributed by atoms with van der Waals surface area (Å²) in [6.07, 6.45) is 5.46. The van der Waals surface area contributed by atoms with Crippen LogP contribution >= 0.6 is 11.6 Å². The first kappa shape index (κ1) is 19.5. The van der Waals surface area contributed by atoms with Gasteiger partial charge in [-0.2, -0.15) is 0 Å². The molecular formula is C21H19ClN6O2. The Bertz CT molecular complexity index is 1220. The molecule has 8 nitrogen and oxygen atoms in total. The molecule has 0 unspecified atom stereocenters. The molecule has 0 aliphatic carbocycles. The van der Waals surface area contributed by atoms with Crippen LogP contribution in [-0.4, -0.2) is 34.6 Å². The van der Waals surface area contributed by atoms with E-state index in [-0.39, 0.29) is 0 Å². The van der Waals surface area contributed by atoms with Crippen LogP contribution in [0.3, 0.4) is 0 Å². The van der Waals surface area contributed by atoms with Crippen LogP contribution in [0.4, 0.5) is 22.0 Å². The highest BCUT2D eigenvalue weighted by atomic mass is 35.5. The number of halogens is 1. The van der Waals surface area contributed by atoms with Gasteiger partial charge in [0.05, 0.1) is 18.5 Å². The average Bonchev–Trinajstić information content (AvgIpc) is 3.22. The van der Waals surface area contributed by atoms with E-state index in [1.165, 1.54) is 7.11 Å². The maximum absolute atomic E-state index is 12.5. The number of urea groups is 1. The number of carbonyl (C=O) groups is 1. The standard InChI is InChI=1S/C21H19ClN6O2/c1-23-19-20-24-8-9-28(20)12-17(26-19)13-4-3-5-15(10-13)25-21(29)27-16-11-14(22)6-7-18(16)30-2/h3-12H,1-2H3,(H,23,26)(H2,25,27,29). The van der Waals surface area contributed by atoms with E-state index in [9.17, 15) is 4.79 Å². The predicted octanol–water partition coefficient (Wildman–Crippen LogP) is 4.74. The summed E-state index contributed by atoms with van der Waals surface area (Å²) in [6.45, 7) is 0. The van der Waals surface area contributed by atoms with Crippen LogP contribution in [0, 0.1) is 0 Å². The first-order valence-electron chi connectivity index (χ1n) is 9.11. The zero-order valence-electron chi connectivity index (χ0n) is 16.3. The zero-order valence-corrected chi connectivity index (χ0v) is 17.1. The number of methoxy groups -OCH3 is 1. The summed E-state index contributed by atoms with van der Waals surface area (Å²) in [5.74, 6) is 1.18. The summed E-state index contributed by atoms with van der Waals surface area (Å²) in [4.78, 5) is 21.4. The van der Waals surface area contributed by atoms with Gasteiger partial charge < -0.3 is 25.1 Å². The molecule has 3 N–H and O–H groups in total. The number of ether oxygens (including phenoxy) is 1. The molecule has 2 aromatic heterocycles. The fraction of sp³-hybridized carbons (Fsp3) is 0.0952. The molecule has 0 fully saturated rings. The molecule has 9 heteroatoms. The number of carbonyl (C=O) groups excluding carboxylic acids is 1. The summed E-state index contributed by atoms with van der Waals surface area (Å²) in [6, 6.07) is 12.0. The number of hydrogen-bond acceptors (Lipinski definition) is 5. The third kappa shape index (κ3) is 3.99. The monoisotopic (exact) mass is 422 g/mol. The fourth-order valence-corrected chi connectivity index (χ4v) is 3.23. The topological polar surface area (TPSA) is 92.6 Å². The lowest BCUT2D eigenvalue weighted by Crippen LogP contribution is -2.19. The number of aromatic nitrogens is 3. The van der Waals surface area contributed by atoms with Gasteiger partial charge in [0.2, 0.25) is 0 Å². The number of nitrogens with one attached hydrogen (secondary N) is 3. The Hall–Kier alpha value is -3.78. The van der Waals surface area contributed by atoms with E-state index in [2.05, 4.69) is 25.9 Å². The van der Waals surface area contributed by atoms with Gasteiger partial charge in [0.15, 0.2) is 11.5 Å². The largest absolute Gasteiger partial charge is 0.495 e. The van der Waals surface area contributed by atoms with Gasteiger partial charge in [0.1, 0.15) is 5.75 Å². The van der Waals surface area contributed by atoms with Gasteiger partial charge in [0.25, 0.3) is 0 Å². The molecule has 0 aliphatic heterocycles. The number of rotatable bonds is 5. The minimum absolute atomic E-state index is 0.415. The van der Waals surface area contributed by atoms with Crippen molar-refractivity contribution in [2.75, 3.05) is 30.1 Å². The van der Waals surface area contributed by atoms with Gasteiger partial charge >= 0.3 is 6.03 Å². The maximum Gasteiger partial charge on any atom is 0.323 e. The van der Waals surface area contributed by atoms with Crippen molar-refractivity contribution in [1.29, 1.82) is 0 Å². The number of fused-ring (bicyclic) bond motifs is 1. The number of hydrogen-bond donors (Lipinski definition) is 3. The van der Waals surface area contributed by atoms with Crippen molar-refractivity contribution in [2.45, 2.75) is 0 Å². The number of benzene rings is 2. The molecule has 0 atom stereocenters. The molecule has 30 heavy (non-hydrogen) atoms. The van der Waals surface area contributed by atoms with E-state index < -0.39 is 6.03 Å². The third-order valence-electron chi connectivity index (χ3n) is 4.44. The Morgan fingerprint density at radius 2 is 2.03 bits per heavy atom. The van der Waals surface area contributed by atoms with Gasteiger partial charge in [-0.15, -0.1) is 0 Å². The molecule has 4 rings (SSSR count). The molecule has 2 amide bonds.